The molecule has 1 saturated heterocycles. The Morgan fingerprint density at radius 3 is 2.61 bits per heavy atom. The predicted molar refractivity (Wildman–Crippen MR) is 130 cm³/mol. The molecule has 0 spiro atoms. The van der Waals surface area contributed by atoms with Crippen molar-refractivity contribution in [2.24, 2.45) is 4.99 Å². The van der Waals surface area contributed by atoms with Gasteiger partial charge in [0.15, 0.2) is 5.96 Å². The average Bonchev–Trinajstić information content (AvgIpc) is 3.24. The van der Waals surface area contributed by atoms with Crippen LogP contribution >= 0.6 is 0 Å². The molecule has 1 heterocycles. The molecule has 1 aliphatic heterocycles. The van der Waals surface area contributed by atoms with Crippen LogP contribution in [0.1, 0.15) is 30.9 Å². The van der Waals surface area contributed by atoms with Crippen LogP contribution in [0, 0.1) is 0 Å². The van der Waals surface area contributed by atoms with Crippen LogP contribution in [-0.4, -0.2) is 56.8 Å². The van der Waals surface area contributed by atoms with Gasteiger partial charge in [0, 0.05) is 45.0 Å². The summed E-state index contributed by atoms with van der Waals surface area (Å²) in [5.41, 5.74) is 3.69. The van der Waals surface area contributed by atoms with Crippen molar-refractivity contribution >= 4 is 11.6 Å². The van der Waals surface area contributed by atoms with Crippen LogP contribution in [0.3, 0.4) is 0 Å². The van der Waals surface area contributed by atoms with Gasteiger partial charge in [-0.1, -0.05) is 42.5 Å². The lowest BCUT2D eigenvalue weighted by molar-refractivity contribution is 0.211. The van der Waals surface area contributed by atoms with E-state index in [0.29, 0.717) is 19.2 Å². The Bertz CT molecular complexity index is 778. The van der Waals surface area contributed by atoms with Crippen LogP contribution < -0.4 is 16.0 Å². The van der Waals surface area contributed by atoms with E-state index >= 15 is 0 Å². The first kappa shape index (κ1) is 23.1. The molecule has 0 amide bonds. The van der Waals surface area contributed by atoms with Crippen LogP contribution in [-0.2, 0) is 17.8 Å². The first-order valence-corrected chi connectivity index (χ1v) is 11.4. The number of nitrogens with one attached hydrogen (secondary N) is 3. The molecule has 2 aromatic rings. The number of ether oxygens (including phenoxy) is 1. The number of anilines is 1. The van der Waals surface area contributed by atoms with Crippen molar-refractivity contribution < 1.29 is 4.74 Å². The molecule has 1 aliphatic rings. The van der Waals surface area contributed by atoms with Crippen molar-refractivity contribution in [3.63, 3.8) is 0 Å². The molecule has 2 aromatic carbocycles. The quantitative estimate of drug-likeness (QED) is 0.294. The van der Waals surface area contributed by atoms with Gasteiger partial charge in [0.05, 0.1) is 13.2 Å². The van der Waals surface area contributed by atoms with Gasteiger partial charge in [-0.15, -0.1) is 0 Å². The highest BCUT2D eigenvalue weighted by molar-refractivity contribution is 5.79. The molecular formula is C25H37N5O. The number of likely N-dealkylation sites (tertiary alicyclic amines) is 1. The summed E-state index contributed by atoms with van der Waals surface area (Å²) in [5, 5.41) is 10.3. The van der Waals surface area contributed by atoms with Gasteiger partial charge >= 0.3 is 0 Å². The van der Waals surface area contributed by atoms with Crippen LogP contribution in [0.25, 0.3) is 0 Å². The summed E-state index contributed by atoms with van der Waals surface area (Å²) in [5.74, 6) is 0.886. The van der Waals surface area contributed by atoms with E-state index in [1.54, 1.807) is 7.11 Å². The van der Waals surface area contributed by atoms with Gasteiger partial charge in [-0.2, -0.15) is 0 Å². The van der Waals surface area contributed by atoms with E-state index in [1.807, 2.05) is 0 Å². The summed E-state index contributed by atoms with van der Waals surface area (Å²) in [6.45, 7) is 8.23. The molecule has 0 saturated carbocycles. The van der Waals surface area contributed by atoms with Gasteiger partial charge in [0.25, 0.3) is 0 Å². The number of aliphatic imine (C=N–C) groups is 1. The number of methoxy groups -OCH3 is 1. The zero-order valence-electron chi connectivity index (χ0n) is 18.9. The second-order valence-electron chi connectivity index (χ2n) is 7.94. The Hall–Kier alpha value is -2.57. The maximum absolute atomic E-state index is 5.07. The Labute approximate surface area is 187 Å². The monoisotopic (exact) mass is 423 g/mol. The molecule has 1 atom stereocenters. The van der Waals surface area contributed by atoms with Crippen molar-refractivity contribution in [1.29, 1.82) is 0 Å². The Morgan fingerprint density at radius 2 is 1.87 bits per heavy atom. The molecule has 0 radical (unpaired) electrons. The van der Waals surface area contributed by atoms with Gasteiger partial charge in [-0.3, -0.25) is 4.90 Å². The van der Waals surface area contributed by atoms with Crippen molar-refractivity contribution in [1.82, 2.24) is 15.5 Å². The van der Waals surface area contributed by atoms with Crippen molar-refractivity contribution in [3.8, 4) is 0 Å². The predicted octanol–water partition coefficient (Wildman–Crippen LogP) is 3.46. The second-order valence-corrected chi connectivity index (χ2v) is 7.94. The van der Waals surface area contributed by atoms with Crippen LogP contribution in [0.5, 0.6) is 0 Å². The van der Waals surface area contributed by atoms with Gasteiger partial charge in [-0.25, -0.2) is 4.99 Å². The molecular weight excluding hydrogens is 386 g/mol. The zero-order chi connectivity index (χ0) is 21.7. The van der Waals surface area contributed by atoms with Crippen molar-refractivity contribution in [2.45, 2.75) is 38.9 Å². The third kappa shape index (κ3) is 7.89. The maximum atomic E-state index is 5.07. The van der Waals surface area contributed by atoms with Gasteiger partial charge < -0.3 is 20.7 Å². The Kier molecular flexibility index (Phi) is 9.67. The summed E-state index contributed by atoms with van der Waals surface area (Å²) < 4.78 is 5.07. The van der Waals surface area contributed by atoms with Crippen LogP contribution in [0.4, 0.5) is 5.69 Å². The molecule has 0 aromatic heterocycles. The molecule has 3 N–H and O–H groups in total. The third-order valence-corrected chi connectivity index (χ3v) is 5.59. The summed E-state index contributed by atoms with van der Waals surface area (Å²) >= 11 is 0. The van der Waals surface area contributed by atoms with E-state index in [1.165, 1.54) is 30.5 Å². The standard InChI is InChI=1S/C25H37N5O/c1-3-26-25(28-18-21-11-13-23(14-12-21)27-15-17-31-2)29-19-24-10-7-16-30(24)20-22-8-5-4-6-9-22/h4-6,8-9,11-14,24,27H,3,7,10,15-20H2,1-2H3,(H2,26,28,29). The van der Waals surface area contributed by atoms with Gasteiger partial charge in [0.2, 0.25) is 0 Å². The molecule has 0 aliphatic carbocycles. The highest BCUT2D eigenvalue weighted by Crippen LogP contribution is 2.19. The van der Waals surface area contributed by atoms with Gasteiger partial charge in [0.1, 0.15) is 0 Å². The minimum atomic E-state index is 0.543. The fraction of sp³-hybridized carbons (Fsp3) is 0.480. The van der Waals surface area contributed by atoms with Crippen molar-refractivity contribution in [3.05, 3.63) is 65.7 Å². The van der Waals surface area contributed by atoms with E-state index < -0.39 is 0 Å². The van der Waals surface area contributed by atoms with E-state index in [2.05, 4.69) is 82.4 Å². The van der Waals surface area contributed by atoms with E-state index in [-0.39, 0.29) is 0 Å². The average molecular weight is 424 g/mol. The molecule has 31 heavy (non-hydrogen) atoms. The number of benzene rings is 2. The smallest absolute Gasteiger partial charge is 0.191 e. The topological polar surface area (TPSA) is 60.9 Å². The summed E-state index contributed by atoms with van der Waals surface area (Å²) in [6, 6.07) is 19.7. The summed E-state index contributed by atoms with van der Waals surface area (Å²) in [4.78, 5) is 7.38. The normalized spacial score (nSPS) is 17.0. The Balaban J connectivity index is 1.50. The molecule has 6 nitrogen and oxygen atoms in total. The summed E-state index contributed by atoms with van der Waals surface area (Å²) in [6.07, 6.45) is 2.49. The van der Waals surface area contributed by atoms with E-state index in [9.17, 15) is 0 Å². The summed E-state index contributed by atoms with van der Waals surface area (Å²) in [7, 11) is 1.71. The minimum Gasteiger partial charge on any atom is -0.383 e. The van der Waals surface area contributed by atoms with Crippen LogP contribution in [0.2, 0.25) is 0 Å². The molecule has 1 unspecified atom stereocenters. The highest BCUT2D eigenvalue weighted by atomic mass is 16.5. The first-order chi connectivity index (χ1) is 15.3. The molecule has 3 rings (SSSR count). The lowest BCUT2D eigenvalue weighted by Gasteiger charge is -2.25. The molecule has 0 bridgehead atoms. The number of hydrogen-bond acceptors (Lipinski definition) is 4. The third-order valence-electron chi connectivity index (χ3n) is 5.59. The van der Waals surface area contributed by atoms with Gasteiger partial charge in [-0.05, 0) is 49.6 Å². The SMILES string of the molecule is CCNC(=NCc1ccc(NCCOC)cc1)NCC1CCCN1Cc1ccccc1. The number of rotatable bonds is 11. The largest absolute Gasteiger partial charge is 0.383 e. The molecule has 1 fully saturated rings. The fourth-order valence-electron chi connectivity index (χ4n) is 3.90. The number of guanidine groups is 1. The highest BCUT2D eigenvalue weighted by Gasteiger charge is 2.24. The second kappa shape index (κ2) is 13.0. The van der Waals surface area contributed by atoms with E-state index in [4.69, 9.17) is 9.73 Å². The minimum absolute atomic E-state index is 0.543. The molecule has 168 valence electrons. The lowest BCUT2D eigenvalue weighted by Crippen LogP contribution is -2.44. The molecule has 6 heteroatoms. The van der Waals surface area contributed by atoms with E-state index in [0.717, 1.165) is 37.8 Å². The van der Waals surface area contributed by atoms with Crippen LogP contribution in [0.15, 0.2) is 59.6 Å². The number of nitrogens with zero attached hydrogens (tertiary/aromatic N) is 2. The first-order valence-electron chi connectivity index (χ1n) is 11.4. The lowest BCUT2D eigenvalue weighted by atomic mass is 10.2. The zero-order valence-corrected chi connectivity index (χ0v) is 18.9. The number of hydrogen-bond donors (Lipinski definition) is 3. The fourth-order valence-corrected chi connectivity index (χ4v) is 3.90. The maximum Gasteiger partial charge on any atom is 0.191 e. The Morgan fingerprint density at radius 1 is 1.06 bits per heavy atom. The van der Waals surface area contributed by atoms with Crippen molar-refractivity contribution in [2.75, 3.05) is 45.2 Å².